The first-order valence-corrected chi connectivity index (χ1v) is 7.86. The lowest BCUT2D eigenvalue weighted by Gasteiger charge is -2.18. The summed E-state index contributed by atoms with van der Waals surface area (Å²) in [6.45, 7) is 13.0. The Morgan fingerprint density at radius 1 is 1.42 bits per heavy atom. The van der Waals surface area contributed by atoms with E-state index >= 15 is 0 Å². The molecule has 0 saturated carbocycles. The summed E-state index contributed by atoms with van der Waals surface area (Å²) in [5.74, 6) is 1.47. The van der Waals surface area contributed by atoms with Crippen molar-refractivity contribution in [2.45, 2.75) is 46.5 Å². The summed E-state index contributed by atoms with van der Waals surface area (Å²) in [5.41, 5.74) is 0.873. The van der Waals surface area contributed by atoms with Crippen molar-refractivity contribution in [3.05, 3.63) is 10.6 Å². The van der Waals surface area contributed by atoms with Gasteiger partial charge in [0.25, 0.3) is 0 Å². The first-order valence-electron chi connectivity index (χ1n) is 7.04. The highest BCUT2D eigenvalue weighted by Gasteiger charge is 2.29. The monoisotopic (exact) mass is 280 g/mol. The van der Waals surface area contributed by atoms with E-state index < -0.39 is 0 Å². The summed E-state index contributed by atoms with van der Waals surface area (Å²) in [6.07, 6.45) is 2.19. The minimum absolute atomic E-state index is 0.0673. The Bertz CT molecular complexity index is 459. The van der Waals surface area contributed by atoms with E-state index in [2.05, 4.69) is 39.5 Å². The lowest BCUT2D eigenvalue weighted by molar-refractivity contribution is 0.112. The Kier molecular flexibility index (Phi) is 4.00. The summed E-state index contributed by atoms with van der Waals surface area (Å²) in [6, 6.07) is 0. The zero-order valence-corrected chi connectivity index (χ0v) is 13.4. The van der Waals surface area contributed by atoms with Crippen LogP contribution in [0.4, 0.5) is 5.13 Å². The number of carbonyl (C=O) groups excluding carboxylic acids is 1. The molecule has 1 aliphatic rings. The van der Waals surface area contributed by atoms with E-state index in [0.717, 1.165) is 46.9 Å². The number of hydrogen-bond donors (Lipinski definition) is 0. The van der Waals surface area contributed by atoms with Gasteiger partial charge in [0, 0.05) is 18.5 Å². The molecular formula is C15H24N2OS. The quantitative estimate of drug-likeness (QED) is 0.791. The molecule has 0 radical (unpaired) electrons. The lowest BCUT2D eigenvalue weighted by atomic mass is 9.91. The van der Waals surface area contributed by atoms with Crippen molar-refractivity contribution in [2.24, 2.45) is 11.8 Å². The van der Waals surface area contributed by atoms with Gasteiger partial charge in [-0.15, -0.1) is 0 Å². The van der Waals surface area contributed by atoms with Gasteiger partial charge >= 0.3 is 0 Å². The van der Waals surface area contributed by atoms with Crippen LogP contribution in [0.1, 0.15) is 56.4 Å². The first kappa shape index (κ1) is 14.5. The molecule has 1 unspecified atom stereocenters. The molecule has 3 nitrogen and oxygen atoms in total. The van der Waals surface area contributed by atoms with Gasteiger partial charge in [-0.3, -0.25) is 4.79 Å². The Morgan fingerprint density at radius 3 is 2.53 bits per heavy atom. The van der Waals surface area contributed by atoms with Crippen LogP contribution >= 0.6 is 11.3 Å². The molecular weight excluding hydrogens is 256 g/mol. The fourth-order valence-corrected chi connectivity index (χ4v) is 3.70. The van der Waals surface area contributed by atoms with Gasteiger partial charge in [-0.2, -0.15) is 0 Å². The summed E-state index contributed by atoms with van der Waals surface area (Å²) >= 11 is 1.54. The Labute approximate surface area is 120 Å². The van der Waals surface area contributed by atoms with Crippen LogP contribution in [0, 0.1) is 11.8 Å². The van der Waals surface area contributed by atoms with Crippen molar-refractivity contribution < 1.29 is 4.79 Å². The molecule has 2 heterocycles. The summed E-state index contributed by atoms with van der Waals surface area (Å²) < 4.78 is 0. The van der Waals surface area contributed by atoms with Crippen LogP contribution in [0.3, 0.4) is 0 Å². The van der Waals surface area contributed by atoms with Crippen LogP contribution in [0.25, 0.3) is 0 Å². The van der Waals surface area contributed by atoms with E-state index in [1.165, 1.54) is 6.42 Å². The van der Waals surface area contributed by atoms with E-state index in [1.807, 2.05) is 0 Å². The number of anilines is 1. The molecule has 1 atom stereocenters. The van der Waals surface area contributed by atoms with E-state index in [1.54, 1.807) is 11.3 Å². The number of thiazole rings is 1. The van der Waals surface area contributed by atoms with E-state index in [-0.39, 0.29) is 5.41 Å². The number of hydrogen-bond acceptors (Lipinski definition) is 4. The topological polar surface area (TPSA) is 33.2 Å². The van der Waals surface area contributed by atoms with Crippen LogP contribution in [-0.2, 0) is 5.41 Å². The third-order valence-electron chi connectivity index (χ3n) is 3.90. The van der Waals surface area contributed by atoms with Crippen molar-refractivity contribution in [3.8, 4) is 0 Å². The number of carbonyl (C=O) groups is 1. The fourth-order valence-electron chi connectivity index (χ4n) is 2.58. The van der Waals surface area contributed by atoms with E-state index in [4.69, 9.17) is 4.98 Å². The lowest BCUT2D eigenvalue weighted by Crippen LogP contribution is -2.21. The van der Waals surface area contributed by atoms with Crippen LogP contribution < -0.4 is 4.90 Å². The number of aromatic nitrogens is 1. The van der Waals surface area contributed by atoms with Crippen molar-refractivity contribution in [2.75, 3.05) is 18.0 Å². The maximum absolute atomic E-state index is 11.2. The van der Waals surface area contributed by atoms with Crippen molar-refractivity contribution in [3.63, 3.8) is 0 Å². The molecule has 0 aromatic carbocycles. The molecule has 0 N–H and O–H groups in total. The minimum atomic E-state index is -0.0673. The zero-order valence-electron chi connectivity index (χ0n) is 12.6. The molecule has 1 saturated heterocycles. The molecule has 0 aliphatic carbocycles. The highest BCUT2D eigenvalue weighted by Crippen LogP contribution is 2.35. The van der Waals surface area contributed by atoms with Gasteiger partial charge in [-0.05, 0) is 18.3 Å². The number of aldehydes is 1. The number of nitrogens with zero attached hydrogens (tertiary/aromatic N) is 2. The normalized spacial score (nSPS) is 20.3. The molecule has 0 amide bonds. The summed E-state index contributed by atoms with van der Waals surface area (Å²) in [5, 5.41) is 1.02. The minimum Gasteiger partial charge on any atom is -0.348 e. The summed E-state index contributed by atoms with van der Waals surface area (Å²) in [4.78, 5) is 19.1. The molecule has 1 aliphatic heterocycles. The van der Waals surface area contributed by atoms with Crippen LogP contribution in [-0.4, -0.2) is 24.4 Å². The molecule has 2 rings (SSSR count). The van der Waals surface area contributed by atoms with Gasteiger partial charge in [-0.25, -0.2) is 4.98 Å². The van der Waals surface area contributed by atoms with Gasteiger partial charge in [0.05, 0.1) is 10.6 Å². The zero-order chi connectivity index (χ0) is 14.2. The fraction of sp³-hybridized carbons (Fsp3) is 0.733. The van der Waals surface area contributed by atoms with Gasteiger partial charge in [0.1, 0.15) is 0 Å². The van der Waals surface area contributed by atoms with Crippen molar-refractivity contribution >= 4 is 22.8 Å². The molecule has 0 spiro atoms. The maximum atomic E-state index is 11.2. The van der Waals surface area contributed by atoms with Crippen LogP contribution in [0.2, 0.25) is 0 Å². The summed E-state index contributed by atoms with van der Waals surface area (Å²) in [7, 11) is 0. The van der Waals surface area contributed by atoms with E-state index in [0.29, 0.717) is 0 Å². The third-order valence-corrected chi connectivity index (χ3v) is 4.94. The molecule has 4 heteroatoms. The smallest absolute Gasteiger partial charge is 0.186 e. The molecule has 1 aromatic rings. The molecule has 0 bridgehead atoms. The largest absolute Gasteiger partial charge is 0.348 e. The molecule has 19 heavy (non-hydrogen) atoms. The second-order valence-corrected chi connectivity index (χ2v) is 7.83. The van der Waals surface area contributed by atoms with Crippen molar-refractivity contribution in [1.82, 2.24) is 4.98 Å². The maximum Gasteiger partial charge on any atom is 0.186 e. The Balaban J connectivity index is 2.23. The average molecular weight is 280 g/mol. The van der Waals surface area contributed by atoms with Crippen molar-refractivity contribution in [1.29, 1.82) is 0 Å². The molecule has 1 fully saturated rings. The predicted molar refractivity (Wildman–Crippen MR) is 81.4 cm³/mol. The highest BCUT2D eigenvalue weighted by atomic mass is 32.1. The Hall–Kier alpha value is -0.900. The number of rotatable bonds is 3. The van der Waals surface area contributed by atoms with Gasteiger partial charge in [0.15, 0.2) is 11.4 Å². The standard InChI is InChI=1S/C15H24N2OS/c1-10(2)11-6-7-17(8-11)14-16-13(15(3,4)5)12(9-18)19-14/h9-11H,6-8H2,1-5H3. The van der Waals surface area contributed by atoms with Crippen LogP contribution in [0.5, 0.6) is 0 Å². The average Bonchev–Trinajstić information content (AvgIpc) is 2.94. The first-order chi connectivity index (χ1) is 8.82. The van der Waals surface area contributed by atoms with Gasteiger partial charge < -0.3 is 4.90 Å². The predicted octanol–water partition coefficient (Wildman–Crippen LogP) is 3.74. The molecule has 106 valence electrons. The SMILES string of the molecule is CC(C)C1CCN(c2nc(C(C)(C)C)c(C=O)s2)C1. The van der Waals surface area contributed by atoms with E-state index in [9.17, 15) is 4.79 Å². The highest BCUT2D eigenvalue weighted by molar-refractivity contribution is 7.17. The molecule has 1 aromatic heterocycles. The van der Waals surface area contributed by atoms with Gasteiger partial charge in [0.2, 0.25) is 0 Å². The van der Waals surface area contributed by atoms with Gasteiger partial charge in [-0.1, -0.05) is 46.0 Å². The van der Waals surface area contributed by atoms with Crippen LogP contribution in [0.15, 0.2) is 0 Å². The second kappa shape index (κ2) is 5.23. The Morgan fingerprint density at radius 2 is 2.11 bits per heavy atom. The third kappa shape index (κ3) is 2.99. The second-order valence-electron chi connectivity index (χ2n) is 6.82.